The highest BCUT2D eigenvalue weighted by Gasteiger charge is 2.40. The van der Waals surface area contributed by atoms with Crippen LogP contribution in [0.15, 0.2) is 134 Å². The fraction of sp³-hybridized carbons (Fsp3) is 0.587. The first kappa shape index (κ1) is 91.1. The summed E-state index contributed by atoms with van der Waals surface area (Å²) < 4.78 is 85.9. The van der Waals surface area contributed by atoms with Gasteiger partial charge in [-0.3, -0.25) is 0 Å². The van der Waals surface area contributed by atoms with Crippen LogP contribution in [0.25, 0.3) is 0 Å². The molecule has 4 rings (SSSR count). The van der Waals surface area contributed by atoms with Gasteiger partial charge in [-0.25, -0.2) is 0 Å². The number of benzene rings is 4. The maximum absolute atomic E-state index is 5.78. The van der Waals surface area contributed by atoms with E-state index < -0.39 is 70.7 Å². The lowest BCUT2D eigenvalue weighted by Crippen LogP contribution is -2.62. The van der Waals surface area contributed by atoms with Gasteiger partial charge in [-0.15, -0.1) is 6.58 Å². The van der Waals surface area contributed by atoms with Crippen molar-refractivity contribution in [1.82, 2.24) is 0 Å². The highest BCUT2D eigenvalue weighted by atomic mass is 28.4. The van der Waals surface area contributed by atoms with Gasteiger partial charge in [0, 0.05) is 129 Å². The summed E-state index contributed by atoms with van der Waals surface area (Å²) in [5.74, 6) is 0. The molecule has 0 fully saturated rings. The van der Waals surface area contributed by atoms with Gasteiger partial charge in [0.05, 0.1) is 0 Å². The Balaban J connectivity index is -0.000000460. The quantitative estimate of drug-likeness (QED) is 0.0322. The molecule has 0 bridgehead atoms. The Hall–Kier alpha value is -2.28. The molecule has 0 amide bonds. The Morgan fingerprint density at radius 3 is 0.862 bits per heavy atom. The maximum Gasteiger partial charge on any atom is 0.406 e. The molecule has 0 saturated carbocycles. The Morgan fingerprint density at radius 2 is 0.655 bits per heavy atom. The topological polar surface area (TPSA) is 148 Å². The van der Waals surface area contributed by atoms with Gasteiger partial charge < -0.3 is 70.8 Å². The van der Waals surface area contributed by atoms with Gasteiger partial charge in [0.15, 0.2) is 0 Å². The molecule has 0 atom stereocenters. The summed E-state index contributed by atoms with van der Waals surface area (Å²) in [6, 6.07) is 47.9. The monoisotopic (exact) mass is 1360 g/mol. The summed E-state index contributed by atoms with van der Waals surface area (Å²) in [4.78, 5) is 0. The maximum atomic E-state index is 5.78. The van der Waals surface area contributed by atoms with Crippen molar-refractivity contribution in [2.24, 2.45) is 0 Å². The second-order valence-corrected chi connectivity index (χ2v) is 43.9. The van der Waals surface area contributed by atoms with Gasteiger partial charge in [0.25, 0.3) is 0 Å². The Labute approximate surface area is 542 Å². The molecular weight excluding hydrogens is 1240 g/mol. The van der Waals surface area contributed by atoms with E-state index in [0.717, 1.165) is 92.3 Å². The first-order valence-electron chi connectivity index (χ1n) is 30.6. The second kappa shape index (κ2) is 58.8. The number of rotatable bonds is 34. The van der Waals surface area contributed by atoms with Crippen molar-refractivity contribution in [3.63, 3.8) is 0 Å². The van der Waals surface area contributed by atoms with E-state index in [1.165, 1.54) is 11.1 Å². The van der Waals surface area contributed by atoms with Crippen molar-refractivity contribution in [2.75, 3.05) is 111 Å². The SMILES string of the molecule is C=CC[SiH](OC)OC.CCO[SiH](Cc1ccccc1)OCC.CCO[Si](C)(C)OCC.CCO[Si](CC)(CC)OCC.CC[Si](CC)(OC)OC.CO[SiH](Cc1ccccc1)OC.CO[Si](C)(C)OC.CO[Si](OC)(c1ccccc1)c1ccccc1. The van der Waals surface area contributed by atoms with E-state index in [4.69, 9.17) is 70.8 Å². The van der Waals surface area contributed by atoms with Crippen LogP contribution in [0.3, 0.4) is 0 Å². The summed E-state index contributed by atoms with van der Waals surface area (Å²) in [5.41, 5.74) is 2.60. The molecule has 0 unspecified atom stereocenters. The van der Waals surface area contributed by atoms with Crippen molar-refractivity contribution in [3.05, 3.63) is 145 Å². The van der Waals surface area contributed by atoms with Gasteiger partial charge in [-0.1, -0.05) is 155 Å². The van der Waals surface area contributed by atoms with Crippen LogP contribution in [0.4, 0.5) is 0 Å². The van der Waals surface area contributed by atoms with Crippen LogP contribution < -0.4 is 10.4 Å². The fourth-order valence-electron chi connectivity index (χ4n) is 7.83. The minimum Gasteiger partial charge on any atom is -0.400 e. The van der Waals surface area contributed by atoms with Gasteiger partial charge in [-0.2, -0.15) is 0 Å². The van der Waals surface area contributed by atoms with Crippen LogP contribution in [0, 0.1) is 0 Å². The molecule has 0 aliphatic rings. The van der Waals surface area contributed by atoms with E-state index >= 15 is 0 Å². The summed E-state index contributed by atoms with van der Waals surface area (Å²) >= 11 is 0. The molecule has 0 N–H and O–H groups in total. The second-order valence-electron chi connectivity index (χ2n) is 19.4. The van der Waals surface area contributed by atoms with Crippen molar-refractivity contribution < 1.29 is 70.8 Å². The molecule has 0 aliphatic heterocycles. The Bertz CT molecular complexity index is 1960. The lowest BCUT2D eigenvalue weighted by molar-refractivity contribution is 0.184. The zero-order valence-electron chi connectivity index (χ0n) is 58.8. The van der Waals surface area contributed by atoms with Gasteiger partial charge >= 0.3 is 70.7 Å². The van der Waals surface area contributed by atoms with E-state index in [-0.39, 0.29) is 0 Å². The summed E-state index contributed by atoms with van der Waals surface area (Å²) in [7, 11) is 3.56. The normalized spacial score (nSPS) is 11.3. The van der Waals surface area contributed by atoms with E-state index in [2.05, 4.69) is 108 Å². The average molecular weight is 1360 g/mol. The van der Waals surface area contributed by atoms with Crippen molar-refractivity contribution in [2.45, 2.75) is 138 Å². The number of allylic oxidation sites excluding steroid dienone is 1. The number of hydrogen-bond acceptors (Lipinski definition) is 16. The lowest BCUT2D eigenvalue weighted by atomic mass is 10.2. The molecule has 16 nitrogen and oxygen atoms in total. The molecule has 0 aliphatic carbocycles. The fourth-order valence-corrected chi connectivity index (χ4v) is 20.2. The average Bonchev–Trinajstić information content (AvgIpc) is 3.75. The highest BCUT2D eigenvalue weighted by molar-refractivity contribution is 6.92. The van der Waals surface area contributed by atoms with Crippen molar-refractivity contribution >= 4 is 81.0 Å². The van der Waals surface area contributed by atoms with Crippen LogP contribution in [0.5, 0.6) is 0 Å². The third kappa shape index (κ3) is 44.0. The molecule has 0 heterocycles. The summed E-state index contributed by atoms with van der Waals surface area (Å²) in [5, 5.41) is 2.24. The molecular formula is C63H124O16Si8. The third-order valence-corrected chi connectivity index (χ3v) is 33.7. The molecule has 87 heavy (non-hydrogen) atoms. The zero-order valence-corrected chi connectivity index (χ0v) is 67.3. The van der Waals surface area contributed by atoms with Crippen molar-refractivity contribution in [3.8, 4) is 0 Å². The van der Waals surface area contributed by atoms with E-state index in [1.54, 1.807) is 71.1 Å². The van der Waals surface area contributed by atoms with Crippen LogP contribution in [-0.2, 0) is 82.9 Å². The predicted molar refractivity (Wildman–Crippen MR) is 383 cm³/mol. The van der Waals surface area contributed by atoms with Crippen molar-refractivity contribution in [1.29, 1.82) is 0 Å². The Morgan fingerprint density at radius 1 is 0.345 bits per heavy atom. The summed E-state index contributed by atoms with van der Waals surface area (Å²) in [6.07, 6.45) is 1.82. The van der Waals surface area contributed by atoms with Gasteiger partial charge in [0.1, 0.15) is 0 Å². The van der Waals surface area contributed by atoms with Gasteiger partial charge in [-0.05, 0) is 113 Å². The van der Waals surface area contributed by atoms with Crippen LogP contribution >= 0.6 is 0 Å². The van der Waals surface area contributed by atoms with Crippen LogP contribution in [0.2, 0.25) is 56.4 Å². The molecule has 4 aromatic carbocycles. The van der Waals surface area contributed by atoms with E-state index in [9.17, 15) is 0 Å². The lowest BCUT2D eigenvalue weighted by Gasteiger charge is -2.27. The highest BCUT2D eigenvalue weighted by Crippen LogP contribution is 2.18. The number of hydrogen-bond donors (Lipinski definition) is 0. The Kier molecular flexibility index (Phi) is 61.6. The minimum absolute atomic E-state index is 0.754. The third-order valence-electron chi connectivity index (χ3n) is 13.2. The smallest absolute Gasteiger partial charge is 0.400 e. The molecule has 4 aromatic rings. The minimum atomic E-state index is -2.50. The first-order valence-corrected chi connectivity index (χ1v) is 47.8. The molecule has 0 saturated heterocycles. The summed E-state index contributed by atoms with van der Waals surface area (Å²) in [6.45, 7) is 36.9. The van der Waals surface area contributed by atoms with E-state index in [0.29, 0.717) is 0 Å². The van der Waals surface area contributed by atoms with Crippen LogP contribution in [0.1, 0.15) is 80.4 Å². The molecule has 0 spiro atoms. The van der Waals surface area contributed by atoms with E-state index in [1.807, 2.05) is 121 Å². The van der Waals surface area contributed by atoms with Gasteiger partial charge in [0.2, 0.25) is 0 Å². The molecule has 24 heteroatoms. The molecule has 0 aromatic heterocycles. The standard InChI is InChI=1S/C14H16O2Si.C11H18O2Si.C9H14O2Si.C8H20O2Si.2C6H16O2Si.C5H12O2Si.C4H12O2Si/c1-15-17(16-2,13-9-5-3-6-10-13)14-11-7-4-8-12-14;1-3-12-14(13-4-2)10-11-8-6-5-7-9-11;1-10-12(11-2)8-9-6-4-3-5-7-9;1-5-9-11(7-3,8-4)10-6-2;1-5-7-9(3,4)8-6-2;1-5-9(6-2,7-3)8-4;1-4-5-8(6-2)7-3;1-5-7(3,4)6-2/h3-12H,1-2H3;5-9,14H,3-4,10H2,1-2H3;3-7,12H,8H2,1-2H3;5-8H2,1-4H3;2*5-6H2,1-4H3;4,8H,1,5H2,2-3H3;1-4H3. The van der Waals surface area contributed by atoms with Crippen LogP contribution in [-0.4, -0.2) is 181 Å². The largest absolute Gasteiger partial charge is 0.406 e. The zero-order chi connectivity index (χ0) is 66.9. The molecule has 504 valence electrons. The molecule has 0 radical (unpaired) electrons. The first-order chi connectivity index (χ1) is 41.6. The predicted octanol–water partition coefficient (Wildman–Crippen LogP) is 12.6.